The summed E-state index contributed by atoms with van der Waals surface area (Å²) in [6.07, 6.45) is 1.08. The molecular formula is C19H21F2N3O4S. The van der Waals surface area contributed by atoms with Gasteiger partial charge in [0.15, 0.2) is 0 Å². The number of hydroxylamine groups is 1. The summed E-state index contributed by atoms with van der Waals surface area (Å²) in [5, 5.41) is 8.96. The third-order valence-electron chi connectivity index (χ3n) is 4.98. The van der Waals surface area contributed by atoms with Gasteiger partial charge in [0.2, 0.25) is 0 Å². The minimum atomic E-state index is -4.05. The number of carbonyl (C=O) groups excluding carboxylic acids is 1. The topological polar surface area (TPSA) is 98.7 Å². The average molecular weight is 425 g/mol. The third-order valence-corrected chi connectivity index (χ3v) is 6.56. The Kier molecular flexibility index (Phi) is 6.58. The van der Waals surface area contributed by atoms with Gasteiger partial charge >= 0.3 is 0 Å². The lowest BCUT2D eigenvalue weighted by molar-refractivity contribution is -0.131. The van der Waals surface area contributed by atoms with E-state index in [1.165, 1.54) is 34.1 Å². The van der Waals surface area contributed by atoms with Crippen molar-refractivity contribution in [2.75, 3.05) is 13.1 Å². The van der Waals surface area contributed by atoms with Gasteiger partial charge < -0.3 is 0 Å². The Morgan fingerprint density at radius 1 is 1.00 bits per heavy atom. The molecule has 7 nitrogen and oxygen atoms in total. The molecule has 1 heterocycles. The summed E-state index contributed by atoms with van der Waals surface area (Å²) in [7, 11) is -4.05. The molecule has 2 aromatic carbocycles. The highest BCUT2D eigenvalue weighted by atomic mass is 32.2. The molecule has 1 amide bonds. The lowest BCUT2D eigenvalue weighted by Crippen LogP contribution is -2.48. The van der Waals surface area contributed by atoms with Crippen LogP contribution < -0.4 is 10.2 Å². The largest absolute Gasteiger partial charge is 0.289 e. The quantitative estimate of drug-likeness (QED) is 0.488. The Labute approximate surface area is 167 Å². The van der Waals surface area contributed by atoms with Crippen molar-refractivity contribution in [1.29, 1.82) is 0 Å². The van der Waals surface area contributed by atoms with E-state index in [0.717, 1.165) is 17.7 Å². The fraction of sp³-hybridized carbons (Fsp3) is 0.316. The smallest absolute Gasteiger partial charge is 0.280 e. The molecule has 1 aliphatic heterocycles. The molecule has 156 valence electrons. The van der Waals surface area contributed by atoms with Crippen LogP contribution in [0.15, 0.2) is 48.5 Å². The SMILES string of the molecule is O=C(NO)C(NS(=O)(=O)N1CCC(c2ccc(F)cc2)CC1)c1ccc(F)cc1. The highest BCUT2D eigenvalue weighted by Crippen LogP contribution is 2.29. The van der Waals surface area contributed by atoms with Gasteiger partial charge in [-0.25, -0.2) is 14.3 Å². The molecule has 10 heteroatoms. The maximum absolute atomic E-state index is 13.1. The Morgan fingerprint density at radius 3 is 2.03 bits per heavy atom. The number of carbonyl (C=O) groups is 1. The Bertz CT molecular complexity index is 944. The van der Waals surface area contributed by atoms with Gasteiger partial charge in [-0.15, -0.1) is 0 Å². The van der Waals surface area contributed by atoms with Crippen LogP contribution in [0.2, 0.25) is 0 Å². The van der Waals surface area contributed by atoms with Crippen LogP contribution in [-0.2, 0) is 15.0 Å². The second-order valence-electron chi connectivity index (χ2n) is 6.81. The van der Waals surface area contributed by atoms with E-state index in [1.54, 1.807) is 12.1 Å². The van der Waals surface area contributed by atoms with Crippen molar-refractivity contribution in [2.24, 2.45) is 0 Å². The van der Waals surface area contributed by atoms with Crippen LogP contribution in [-0.4, -0.2) is 36.9 Å². The van der Waals surface area contributed by atoms with Crippen LogP contribution >= 0.6 is 0 Å². The van der Waals surface area contributed by atoms with E-state index in [-0.39, 0.29) is 30.4 Å². The van der Waals surface area contributed by atoms with Crippen LogP contribution in [0.1, 0.15) is 35.9 Å². The van der Waals surface area contributed by atoms with Crippen LogP contribution in [0.3, 0.4) is 0 Å². The molecule has 1 saturated heterocycles. The van der Waals surface area contributed by atoms with Crippen molar-refractivity contribution in [3.05, 3.63) is 71.3 Å². The summed E-state index contributed by atoms with van der Waals surface area (Å²) in [5.41, 5.74) is 2.56. The van der Waals surface area contributed by atoms with Gasteiger partial charge in [0.05, 0.1) is 0 Å². The van der Waals surface area contributed by atoms with Crippen LogP contribution in [0.4, 0.5) is 8.78 Å². The Morgan fingerprint density at radius 2 is 1.52 bits per heavy atom. The van der Waals surface area contributed by atoms with E-state index in [4.69, 9.17) is 5.21 Å². The molecule has 0 radical (unpaired) electrons. The molecule has 29 heavy (non-hydrogen) atoms. The van der Waals surface area contributed by atoms with Crippen LogP contribution in [0, 0.1) is 11.6 Å². The molecule has 1 fully saturated rings. The van der Waals surface area contributed by atoms with Crippen molar-refractivity contribution in [1.82, 2.24) is 14.5 Å². The van der Waals surface area contributed by atoms with Crippen molar-refractivity contribution in [2.45, 2.75) is 24.8 Å². The van der Waals surface area contributed by atoms with Gasteiger partial charge in [0.1, 0.15) is 17.7 Å². The average Bonchev–Trinajstić information content (AvgIpc) is 2.73. The van der Waals surface area contributed by atoms with E-state index in [1.807, 2.05) is 0 Å². The molecule has 0 spiro atoms. The summed E-state index contributed by atoms with van der Waals surface area (Å²) in [6.45, 7) is 0.433. The van der Waals surface area contributed by atoms with Gasteiger partial charge in [-0.05, 0) is 54.2 Å². The number of rotatable bonds is 6. The first-order chi connectivity index (χ1) is 13.8. The molecule has 3 rings (SSSR count). The molecule has 0 aromatic heterocycles. The maximum Gasteiger partial charge on any atom is 0.280 e. The standard InChI is InChI=1S/C19H21F2N3O4S/c20-16-5-1-13(2-6-16)14-9-11-24(12-10-14)29(27,28)23-18(19(25)22-26)15-3-7-17(21)8-4-15/h1-8,14,18,23,26H,9-12H2,(H,22,25). The van der Waals surface area contributed by atoms with Gasteiger partial charge in [-0.2, -0.15) is 17.4 Å². The number of piperidine rings is 1. The summed E-state index contributed by atoms with van der Waals surface area (Å²) >= 11 is 0. The number of benzene rings is 2. The Balaban J connectivity index is 1.70. The molecular weight excluding hydrogens is 404 g/mol. The van der Waals surface area contributed by atoms with E-state index in [0.29, 0.717) is 12.8 Å². The van der Waals surface area contributed by atoms with Crippen LogP contribution in [0.25, 0.3) is 0 Å². The summed E-state index contributed by atoms with van der Waals surface area (Å²) in [5.74, 6) is -1.74. The highest BCUT2D eigenvalue weighted by Gasteiger charge is 2.33. The van der Waals surface area contributed by atoms with E-state index < -0.39 is 28.0 Å². The van der Waals surface area contributed by atoms with Crippen LogP contribution in [0.5, 0.6) is 0 Å². The number of hydrogen-bond donors (Lipinski definition) is 3. The predicted molar refractivity (Wildman–Crippen MR) is 101 cm³/mol. The molecule has 3 N–H and O–H groups in total. The zero-order valence-electron chi connectivity index (χ0n) is 15.4. The minimum Gasteiger partial charge on any atom is -0.289 e. The molecule has 1 aliphatic rings. The van der Waals surface area contributed by atoms with Crippen molar-refractivity contribution < 1.29 is 27.2 Å². The number of nitrogens with zero attached hydrogens (tertiary/aromatic N) is 1. The number of halogens is 2. The molecule has 2 aromatic rings. The monoisotopic (exact) mass is 425 g/mol. The Hall–Kier alpha value is -2.40. The molecule has 0 aliphatic carbocycles. The summed E-state index contributed by atoms with van der Waals surface area (Å²) in [4.78, 5) is 12.0. The van der Waals surface area contributed by atoms with Crippen molar-refractivity contribution in [3.8, 4) is 0 Å². The number of amides is 1. The predicted octanol–water partition coefficient (Wildman–Crippen LogP) is 2.23. The van der Waals surface area contributed by atoms with Gasteiger partial charge in [-0.3, -0.25) is 10.0 Å². The first-order valence-electron chi connectivity index (χ1n) is 9.02. The number of hydrogen-bond acceptors (Lipinski definition) is 4. The second-order valence-corrected chi connectivity index (χ2v) is 8.51. The third kappa shape index (κ3) is 5.15. The van der Waals surface area contributed by atoms with Crippen molar-refractivity contribution >= 4 is 16.1 Å². The normalized spacial score (nSPS) is 17.1. The fourth-order valence-electron chi connectivity index (χ4n) is 3.38. The summed E-state index contributed by atoms with van der Waals surface area (Å²) in [6, 6.07) is 9.43. The second kappa shape index (κ2) is 8.95. The maximum atomic E-state index is 13.1. The minimum absolute atomic E-state index is 0.107. The van der Waals surface area contributed by atoms with Gasteiger partial charge in [-0.1, -0.05) is 24.3 Å². The van der Waals surface area contributed by atoms with E-state index in [9.17, 15) is 22.0 Å². The molecule has 0 saturated carbocycles. The molecule has 0 bridgehead atoms. The zero-order chi connectivity index (χ0) is 21.0. The first-order valence-corrected chi connectivity index (χ1v) is 10.5. The van der Waals surface area contributed by atoms with Gasteiger partial charge in [0.25, 0.3) is 16.1 Å². The molecule has 1 atom stereocenters. The fourth-order valence-corrected chi connectivity index (χ4v) is 4.76. The van der Waals surface area contributed by atoms with Crippen molar-refractivity contribution in [3.63, 3.8) is 0 Å². The number of nitrogens with one attached hydrogen (secondary N) is 2. The van der Waals surface area contributed by atoms with E-state index in [2.05, 4.69) is 4.72 Å². The summed E-state index contributed by atoms with van der Waals surface area (Å²) < 4.78 is 55.3. The van der Waals surface area contributed by atoms with Gasteiger partial charge in [0, 0.05) is 13.1 Å². The van der Waals surface area contributed by atoms with E-state index >= 15 is 0 Å². The molecule has 1 unspecified atom stereocenters. The first kappa shape index (κ1) is 21.3. The lowest BCUT2D eigenvalue weighted by Gasteiger charge is -2.32. The lowest BCUT2D eigenvalue weighted by atomic mass is 9.90. The zero-order valence-corrected chi connectivity index (χ0v) is 16.2. The highest BCUT2D eigenvalue weighted by molar-refractivity contribution is 7.87.